The van der Waals surface area contributed by atoms with Crippen molar-refractivity contribution < 1.29 is 9.53 Å². The molecule has 3 heteroatoms. The van der Waals surface area contributed by atoms with Crippen molar-refractivity contribution >= 4 is 5.97 Å². The number of carbonyl (C=O) groups is 1. The summed E-state index contributed by atoms with van der Waals surface area (Å²) in [5.74, 6) is -0.213. The van der Waals surface area contributed by atoms with Crippen LogP contribution in [0.25, 0.3) is 0 Å². The van der Waals surface area contributed by atoms with Crippen LogP contribution in [0, 0.1) is 0 Å². The first-order valence-electron chi connectivity index (χ1n) is 4.14. The first kappa shape index (κ1) is 11.2. The van der Waals surface area contributed by atoms with Gasteiger partial charge in [0.1, 0.15) is 6.04 Å². The smallest absolute Gasteiger partial charge is 0.322 e. The standard InChI is InChI=1S/C9H17NO2/c1-4-5-6-7-10-8(2)9(11)12-3/h4-5,8,10H,6-7H2,1-3H3/b5-4+. The van der Waals surface area contributed by atoms with Crippen LogP contribution in [0.1, 0.15) is 20.3 Å². The molecular formula is C9H17NO2. The Hall–Kier alpha value is -0.830. The molecule has 0 radical (unpaired) electrons. The molecule has 0 rings (SSSR count). The second-order valence-electron chi connectivity index (χ2n) is 2.56. The van der Waals surface area contributed by atoms with Crippen LogP contribution in [0.4, 0.5) is 0 Å². The molecule has 0 aliphatic heterocycles. The van der Waals surface area contributed by atoms with Crippen LogP contribution < -0.4 is 5.32 Å². The molecule has 0 spiro atoms. The molecule has 0 bridgehead atoms. The monoisotopic (exact) mass is 171 g/mol. The van der Waals surface area contributed by atoms with E-state index in [0.717, 1.165) is 13.0 Å². The van der Waals surface area contributed by atoms with Gasteiger partial charge in [0.25, 0.3) is 0 Å². The van der Waals surface area contributed by atoms with Gasteiger partial charge in [0.2, 0.25) is 0 Å². The minimum atomic E-state index is -0.213. The third kappa shape index (κ3) is 4.91. The highest BCUT2D eigenvalue weighted by Crippen LogP contribution is 1.87. The van der Waals surface area contributed by atoms with E-state index in [1.54, 1.807) is 6.92 Å². The highest BCUT2D eigenvalue weighted by molar-refractivity contribution is 5.74. The lowest BCUT2D eigenvalue weighted by Gasteiger charge is -2.09. The Kier molecular flexibility index (Phi) is 6.38. The largest absolute Gasteiger partial charge is 0.468 e. The zero-order chi connectivity index (χ0) is 9.40. The van der Waals surface area contributed by atoms with Crippen molar-refractivity contribution in [1.82, 2.24) is 5.32 Å². The SMILES string of the molecule is C/C=C/CCNC(C)C(=O)OC. The van der Waals surface area contributed by atoms with Crippen molar-refractivity contribution in [2.45, 2.75) is 26.3 Å². The zero-order valence-corrected chi connectivity index (χ0v) is 7.96. The maximum absolute atomic E-state index is 10.9. The fraction of sp³-hybridized carbons (Fsp3) is 0.667. The van der Waals surface area contributed by atoms with Gasteiger partial charge in [0.15, 0.2) is 0 Å². The van der Waals surface area contributed by atoms with E-state index in [9.17, 15) is 4.79 Å². The number of ether oxygens (including phenoxy) is 1. The second kappa shape index (κ2) is 6.85. The summed E-state index contributed by atoms with van der Waals surface area (Å²) in [5.41, 5.74) is 0. The molecular weight excluding hydrogens is 154 g/mol. The van der Waals surface area contributed by atoms with E-state index in [0.29, 0.717) is 0 Å². The first-order chi connectivity index (χ1) is 5.72. The lowest BCUT2D eigenvalue weighted by Crippen LogP contribution is -2.35. The molecule has 3 nitrogen and oxygen atoms in total. The lowest BCUT2D eigenvalue weighted by atomic mass is 10.3. The molecule has 1 N–H and O–H groups in total. The quantitative estimate of drug-likeness (QED) is 0.382. The van der Waals surface area contributed by atoms with E-state index in [2.05, 4.69) is 16.1 Å². The molecule has 0 saturated carbocycles. The van der Waals surface area contributed by atoms with Gasteiger partial charge in [-0.3, -0.25) is 4.79 Å². The van der Waals surface area contributed by atoms with Crippen molar-refractivity contribution in [3.05, 3.63) is 12.2 Å². The predicted molar refractivity (Wildman–Crippen MR) is 48.9 cm³/mol. The molecule has 70 valence electrons. The lowest BCUT2D eigenvalue weighted by molar-refractivity contribution is -0.142. The Balaban J connectivity index is 3.43. The molecule has 0 aromatic rings. The van der Waals surface area contributed by atoms with Gasteiger partial charge in [-0.15, -0.1) is 0 Å². The van der Waals surface area contributed by atoms with E-state index >= 15 is 0 Å². The molecule has 0 aromatic heterocycles. The van der Waals surface area contributed by atoms with Crippen LogP contribution in [0.5, 0.6) is 0 Å². The zero-order valence-electron chi connectivity index (χ0n) is 7.96. The van der Waals surface area contributed by atoms with Crippen molar-refractivity contribution in [3.8, 4) is 0 Å². The molecule has 0 aromatic carbocycles. The molecule has 0 saturated heterocycles. The number of methoxy groups -OCH3 is 1. The van der Waals surface area contributed by atoms with Crippen LogP contribution in [0.2, 0.25) is 0 Å². The highest BCUT2D eigenvalue weighted by Gasteiger charge is 2.10. The summed E-state index contributed by atoms with van der Waals surface area (Å²) in [5, 5.41) is 3.04. The summed E-state index contributed by atoms with van der Waals surface area (Å²) in [4.78, 5) is 10.9. The number of carbonyl (C=O) groups excluding carboxylic acids is 1. The third-order valence-electron chi connectivity index (χ3n) is 1.55. The number of rotatable bonds is 5. The summed E-state index contributed by atoms with van der Waals surface area (Å²) in [6, 6.07) is -0.208. The minimum absolute atomic E-state index is 0.208. The molecule has 0 fully saturated rings. The summed E-state index contributed by atoms with van der Waals surface area (Å²) < 4.78 is 4.55. The maximum atomic E-state index is 10.9. The summed E-state index contributed by atoms with van der Waals surface area (Å²) in [6.45, 7) is 4.58. The molecule has 1 unspecified atom stereocenters. The normalized spacial score (nSPS) is 13.2. The van der Waals surface area contributed by atoms with Crippen molar-refractivity contribution in [2.24, 2.45) is 0 Å². The molecule has 1 atom stereocenters. The van der Waals surface area contributed by atoms with Gasteiger partial charge in [0, 0.05) is 0 Å². The molecule has 0 aliphatic rings. The Bertz CT molecular complexity index is 155. The van der Waals surface area contributed by atoms with Crippen LogP contribution >= 0.6 is 0 Å². The number of allylic oxidation sites excluding steroid dienone is 1. The van der Waals surface area contributed by atoms with Crippen LogP contribution in [0.3, 0.4) is 0 Å². The van der Waals surface area contributed by atoms with Gasteiger partial charge in [-0.2, -0.15) is 0 Å². The van der Waals surface area contributed by atoms with Crippen molar-refractivity contribution in [3.63, 3.8) is 0 Å². The fourth-order valence-corrected chi connectivity index (χ4v) is 0.810. The van der Waals surface area contributed by atoms with Gasteiger partial charge >= 0.3 is 5.97 Å². The molecule has 0 amide bonds. The predicted octanol–water partition coefficient (Wildman–Crippen LogP) is 1.10. The van der Waals surface area contributed by atoms with Crippen LogP contribution in [-0.4, -0.2) is 25.7 Å². The number of nitrogens with one attached hydrogen (secondary N) is 1. The topological polar surface area (TPSA) is 38.3 Å². The molecule has 0 heterocycles. The van der Waals surface area contributed by atoms with Gasteiger partial charge in [-0.1, -0.05) is 12.2 Å². The fourth-order valence-electron chi connectivity index (χ4n) is 0.810. The molecule has 0 aliphatic carbocycles. The first-order valence-corrected chi connectivity index (χ1v) is 4.14. The van der Waals surface area contributed by atoms with E-state index in [1.165, 1.54) is 7.11 Å². The highest BCUT2D eigenvalue weighted by atomic mass is 16.5. The minimum Gasteiger partial charge on any atom is -0.468 e. The van der Waals surface area contributed by atoms with E-state index in [4.69, 9.17) is 0 Å². The van der Waals surface area contributed by atoms with Gasteiger partial charge in [-0.25, -0.2) is 0 Å². The number of hydrogen-bond donors (Lipinski definition) is 1. The van der Waals surface area contributed by atoms with Gasteiger partial charge in [-0.05, 0) is 26.8 Å². The summed E-state index contributed by atoms with van der Waals surface area (Å²) >= 11 is 0. The second-order valence-corrected chi connectivity index (χ2v) is 2.56. The van der Waals surface area contributed by atoms with E-state index in [1.807, 2.05) is 13.0 Å². The Morgan fingerprint density at radius 2 is 2.33 bits per heavy atom. The average molecular weight is 171 g/mol. The molecule has 12 heavy (non-hydrogen) atoms. The maximum Gasteiger partial charge on any atom is 0.322 e. The average Bonchev–Trinajstić information content (AvgIpc) is 2.10. The Morgan fingerprint density at radius 1 is 1.67 bits per heavy atom. The number of hydrogen-bond acceptors (Lipinski definition) is 3. The van der Waals surface area contributed by atoms with Crippen molar-refractivity contribution in [1.29, 1.82) is 0 Å². The van der Waals surface area contributed by atoms with Crippen LogP contribution in [-0.2, 0) is 9.53 Å². The van der Waals surface area contributed by atoms with E-state index in [-0.39, 0.29) is 12.0 Å². The van der Waals surface area contributed by atoms with Gasteiger partial charge < -0.3 is 10.1 Å². The number of esters is 1. The third-order valence-corrected chi connectivity index (χ3v) is 1.55. The summed E-state index contributed by atoms with van der Waals surface area (Å²) in [6.07, 6.45) is 4.99. The van der Waals surface area contributed by atoms with E-state index < -0.39 is 0 Å². The summed E-state index contributed by atoms with van der Waals surface area (Å²) in [7, 11) is 1.40. The Morgan fingerprint density at radius 3 is 2.83 bits per heavy atom. The van der Waals surface area contributed by atoms with Crippen molar-refractivity contribution in [2.75, 3.05) is 13.7 Å². The van der Waals surface area contributed by atoms with Gasteiger partial charge in [0.05, 0.1) is 7.11 Å². The van der Waals surface area contributed by atoms with Crippen LogP contribution in [0.15, 0.2) is 12.2 Å². The Labute approximate surface area is 73.8 Å².